The van der Waals surface area contributed by atoms with Crippen molar-refractivity contribution in [1.29, 1.82) is 0 Å². The molecule has 0 atom stereocenters. The van der Waals surface area contributed by atoms with Crippen molar-refractivity contribution >= 4 is 5.82 Å². The Bertz CT molecular complexity index is 526. The van der Waals surface area contributed by atoms with Crippen LogP contribution in [0.1, 0.15) is 12.6 Å². The maximum Gasteiger partial charge on any atom is 0.138 e. The Balaban J connectivity index is 2.42. The van der Waals surface area contributed by atoms with Crippen LogP contribution in [0.5, 0.6) is 5.75 Å². The van der Waals surface area contributed by atoms with E-state index in [1.165, 1.54) is 0 Å². The minimum absolute atomic E-state index is 0.528. The molecule has 2 N–H and O–H groups in total. The number of aryl methyl sites for hydroxylation is 1. The summed E-state index contributed by atoms with van der Waals surface area (Å²) >= 11 is 0. The Kier molecular flexibility index (Phi) is 3.23. The third-order valence-corrected chi connectivity index (χ3v) is 2.44. The monoisotopic (exact) mass is 229 g/mol. The van der Waals surface area contributed by atoms with Crippen molar-refractivity contribution in [1.82, 2.24) is 9.97 Å². The van der Waals surface area contributed by atoms with Gasteiger partial charge in [0, 0.05) is 23.0 Å². The minimum atomic E-state index is 0.528. The van der Waals surface area contributed by atoms with Crippen molar-refractivity contribution in [2.45, 2.75) is 13.8 Å². The summed E-state index contributed by atoms with van der Waals surface area (Å²) in [4.78, 5) is 8.39. The molecule has 2 rings (SSSR count). The summed E-state index contributed by atoms with van der Waals surface area (Å²) in [6, 6.07) is 5.69. The van der Waals surface area contributed by atoms with E-state index in [0.29, 0.717) is 12.4 Å². The highest BCUT2D eigenvalue weighted by molar-refractivity contribution is 5.67. The van der Waals surface area contributed by atoms with Gasteiger partial charge in [0.25, 0.3) is 0 Å². The van der Waals surface area contributed by atoms with Crippen molar-refractivity contribution in [3.05, 3.63) is 36.3 Å². The lowest BCUT2D eigenvalue weighted by molar-refractivity contribution is 0.339. The zero-order valence-electron chi connectivity index (χ0n) is 9.97. The number of nitrogens with two attached hydrogens (primary N) is 1. The molecule has 0 fully saturated rings. The molecule has 0 saturated carbocycles. The SMILES string of the molecule is CCOc1cncc(-c2ccc(N)nc2C)c1. The molecular formula is C13H15N3O. The average molecular weight is 229 g/mol. The molecule has 0 bridgehead atoms. The Labute approximate surface area is 100 Å². The van der Waals surface area contributed by atoms with Crippen molar-refractivity contribution in [2.75, 3.05) is 12.3 Å². The highest BCUT2D eigenvalue weighted by Crippen LogP contribution is 2.25. The van der Waals surface area contributed by atoms with E-state index in [9.17, 15) is 0 Å². The van der Waals surface area contributed by atoms with E-state index < -0.39 is 0 Å². The molecule has 4 heteroatoms. The van der Waals surface area contributed by atoms with Crippen molar-refractivity contribution in [2.24, 2.45) is 0 Å². The van der Waals surface area contributed by atoms with E-state index in [-0.39, 0.29) is 0 Å². The van der Waals surface area contributed by atoms with Crippen LogP contribution in [0, 0.1) is 6.92 Å². The van der Waals surface area contributed by atoms with E-state index in [1.54, 1.807) is 18.5 Å². The maximum atomic E-state index is 5.63. The number of pyridine rings is 2. The molecule has 0 aliphatic rings. The van der Waals surface area contributed by atoms with Gasteiger partial charge in [-0.3, -0.25) is 4.98 Å². The van der Waals surface area contributed by atoms with Gasteiger partial charge in [0.15, 0.2) is 0 Å². The summed E-state index contributed by atoms with van der Waals surface area (Å²) in [6.07, 6.45) is 3.50. The lowest BCUT2D eigenvalue weighted by Crippen LogP contribution is -1.96. The second-order valence-corrected chi connectivity index (χ2v) is 3.71. The second-order valence-electron chi connectivity index (χ2n) is 3.71. The fourth-order valence-corrected chi connectivity index (χ4v) is 1.70. The highest BCUT2D eigenvalue weighted by Gasteiger charge is 2.05. The maximum absolute atomic E-state index is 5.63. The van der Waals surface area contributed by atoms with Crippen LogP contribution in [0.3, 0.4) is 0 Å². The first-order chi connectivity index (χ1) is 8.20. The zero-order chi connectivity index (χ0) is 12.3. The van der Waals surface area contributed by atoms with Gasteiger partial charge in [0.2, 0.25) is 0 Å². The number of aromatic nitrogens is 2. The Morgan fingerprint density at radius 2 is 2.12 bits per heavy atom. The molecule has 0 aromatic carbocycles. The summed E-state index contributed by atoms with van der Waals surface area (Å²) in [6.45, 7) is 4.51. The van der Waals surface area contributed by atoms with Crippen LogP contribution >= 0.6 is 0 Å². The van der Waals surface area contributed by atoms with Crippen LogP contribution < -0.4 is 10.5 Å². The number of hydrogen-bond donors (Lipinski definition) is 1. The molecule has 4 nitrogen and oxygen atoms in total. The Hall–Kier alpha value is -2.10. The first-order valence-corrected chi connectivity index (χ1v) is 5.52. The third-order valence-electron chi connectivity index (χ3n) is 2.44. The van der Waals surface area contributed by atoms with Crippen LogP contribution in [0.15, 0.2) is 30.6 Å². The van der Waals surface area contributed by atoms with E-state index in [1.807, 2.05) is 26.0 Å². The molecule has 0 unspecified atom stereocenters. The number of nitrogen functional groups attached to an aromatic ring is 1. The zero-order valence-corrected chi connectivity index (χ0v) is 9.97. The van der Waals surface area contributed by atoms with E-state index in [0.717, 1.165) is 22.6 Å². The molecule has 2 aromatic rings. The van der Waals surface area contributed by atoms with E-state index in [4.69, 9.17) is 10.5 Å². The second kappa shape index (κ2) is 4.82. The quantitative estimate of drug-likeness (QED) is 0.878. The molecule has 0 saturated heterocycles. The summed E-state index contributed by atoms with van der Waals surface area (Å²) in [5.74, 6) is 1.29. The lowest BCUT2D eigenvalue weighted by Gasteiger charge is -2.08. The van der Waals surface area contributed by atoms with Crippen LogP contribution in [0.2, 0.25) is 0 Å². The Morgan fingerprint density at radius 1 is 1.29 bits per heavy atom. The van der Waals surface area contributed by atoms with Gasteiger partial charge in [-0.05, 0) is 32.0 Å². The molecule has 0 aliphatic heterocycles. The summed E-state index contributed by atoms with van der Waals surface area (Å²) < 4.78 is 5.42. The first-order valence-electron chi connectivity index (χ1n) is 5.52. The van der Waals surface area contributed by atoms with Crippen LogP contribution in [0.25, 0.3) is 11.1 Å². The number of rotatable bonds is 3. The number of nitrogens with zero attached hydrogens (tertiary/aromatic N) is 2. The molecule has 0 aliphatic carbocycles. The van der Waals surface area contributed by atoms with Gasteiger partial charge in [-0.25, -0.2) is 4.98 Å². The summed E-state index contributed by atoms with van der Waals surface area (Å²) in [7, 11) is 0. The lowest BCUT2D eigenvalue weighted by atomic mass is 10.1. The topological polar surface area (TPSA) is 61.0 Å². The molecule has 2 aromatic heterocycles. The normalized spacial score (nSPS) is 10.2. The standard InChI is InChI=1S/C13H15N3O/c1-3-17-11-6-10(7-15-8-11)12-4-5-13(14)16-9(12)2/h4-8H,3H2,1-2H3,(H2,14,16). The fraction of sp³-hybridized carbons (Fsp3) is 0.231. The smallest absolute Gasteiger partial charge is 0.138 e. The minimum Gasteiger partial charge on any atom is -0.492 e. The molecule has 88 valence electrons. The largest absolute Gasteiger partial charge is 0.492 e. The predicted octanol–water partition coefficient (Wildman–Crippen LogP) is 2.43. The van der Waals surface area contributed by atoms with Crippen LogP contribution in [0.4, 0.5) is 5.82 Å². The molecule has 2 heterocycles. The molecular weight excluding hydrogens is 214 g/mol. The Morgan fingerprint density at radius 3 is 2.82 bits per heavy atom. The van der Waals surface area contributed by atoms with E-state index >= 15 is 0 Å². The molecule has 0 amide bonds. The third kappa shape index (κ3) is 2.53. The van der Waals surface area contributed by atoms with Crippen LogP contribution in [-0.2, 0) is 0 Å². The number of hydrogen-bond acceptors (Lipinski definition) is 4. The van der Waals surface area contributed by atoms with Gasteiger partial charge >= 0.3 is 0 Å². The molecule has 17 heavy (non-hydrogen) atoms. The summed E-state index contributed by atoms with van der Waals surface area (Å²) in [5.41, 5.74) is 8.53. The van der Waals surface area contributed by atoms with Gasteiger partial charge in [0.1, 0.15) is 11.6 Å². The molecule has 0 spiro atoms. The van der Waals surface area contributed by atoms with Crippen molar-refractivity contribution in [3.8, 4) is 16.9 Å². The summed E-state index contributed by atoms with van der Waals surface area (Å²) in [5, 5.41) is 0. The predicted molar refractivity (Wildman–Crippen MR) is 67.8 cm³/mol. The molecule has 0 radical (unpaired) electrons. The van der Waals surface area contributed by atoms with Gasteiger partial charge in [-0.15, -0.1) is 0 Å². The van der Waals surface area contributed by atoms with E-state index in [2.05, 4.69) is 9.97 Å². The van der Waals surface area contributed by atoms with Gasteiger partial charge in [-0.1, -0.05) is 0 Å². The average Bonchev–Trinajstić information content (AvgIpc) is 2.29. The van der Waals surface area contributed by atoms with Gasteiger partial charge in [-0.2, -0.15) is 0 Å². The van der Waals surface area contributed by atoms with Crippen molar-refractivity contribution in [3.63, 3.8) is 0 Å². The first kappa shape index (κ1) is 11.4. The fourth-order valence-electron chi connectivity index (χ4n) is 1.70. The number of anilines is 1. The van der Waals surface area contributed by atoms with Crippen LogP contribution in [-0.4, -0.2) is 16.6 Å². The number of ether oxygens (including phenoxy) is 1. The highest BCUT2D eigenvalue weighted by atomic mass is 16.5. The van der Waals surface area contributed by atoms with Crippen molar-refractivity contribution < 1.29 is 4.74 Å². The van der Waals surface area contributed by atoms with Gasteiger partial charge in [0.05, 0.1) is 12.8 Å². The van der Waals surface area contributed by atoms with Gasteiger partial charge < -0.3 is 10.5 Å².